The Bertz CT molecular complexity index is 476. The number of rotatable bonds is 1. The van der Waals surface area contributed by atoms with E-state index < -0.39 is 0 Å². The fourth-order valence-electron chi connectivity index (χ4n) is 1.37. The number of fused-ring (bicyclic) bond motifs is 1. The molecule has 1 aromatic carbocycles. The van der Waals surface area contributed by atoms with E-state index in [9.17, 15) is 0 Å². The third-order valence-corrected chi connectivity index (χ3v) is 2.10. The van der Waals surface area contributed by atoms with E-state index in [-0.39, 0.29) is 0 Å². The van der Waals surface area contributed by atoms with Gasteiger partial charge in [0.2, 0.25) is 5.76 Å². The maximum Gasteiger partial charge on any atom is 0.204 e. The zero-order valence-electron chi connectivity index (χ0n) is 7.37. The summed E-state index contributed by atoms with van der Waals surface area (Å²) in [5.74, 6) is 0.378. The molecule has 2 aromatic rings. The van der Waals surface area contributed by atoms with E-state index in [2.05, 4.69) is 13.0 Å². The van der Waals surface area contributed by atoms with Gasteiger partial charge in [-0.05, 0) is 24.1 Å². The second-order valence-corrected chi connectivity index (χ2v) is 2.95. The van der Waals surface area contributed by atoms with Gasteiger partial charge in [-0.3, -0.25) is 0 Å². The van der Waals surface area contributed by atoms with E-state index in [1.165, 1.54) is 5.56 Å². The molecule has 1 heterocycles. The summed E-state index contributed by atoms with van der Waals surface area (Å²) in [4.78, 5) is 0. The van der Waals surface area contributed by atoms with Gasteiger partial charge in [-0.1, -0.05) is 13.0 Å². The van der Waals surface area contributed by atoms with Crippen LogP contribution in [0.15, 0.2) is 28.7 Å². The first-order valence-corrected chi connectivity index (χ1v) is 4.26. The molecule has 64 valence electrons. The molecule has 0 amide bonds. The number of hydrogen-bond donors (Lipinski definition) is 0. The highest BCUT2D eigenvalue weighted by Gasteiger charge is 2.02. The number of nitriles is 1. The number of benzene rings is 1. The first kappa shape index (κ1) is 7.88. The van der Waals surface area contributed by atoms with E-state index >= 15 is 0 Å². The second kappa shape index (κ2) is 2.95. The van der Waals surface area contributed by atoms with Crippen molar-refractivity contribution in [3.05, 3.63) is 35.6 Å². The number of aryl methyl sites for hydroxylation is 1. The largest absolute Gasteiger partial charge is 0.446 e. The van der Waals surface area contributed by atoms with Crippen molar-refractivity contribution < 1.29 is 4.42 Å². The molecule has 0 aliphatic rings. The maximum absolute atomic E-state index is 8.62. The highest BCUT2D eigenvalue weighted by Crippen LogP contribution is 2.20. The van der Waals surface area contributed by atoms with Gasteiger partial charge in [0, 0.05) is 11.5 Å². The average Bonchev–Trinajstić information content (AvgIpc) is 2.58. The minimum atomic E-state index is 0.378. The van der Waals surface area contributed by atoms with Crippen molar-refractivity contribution in [3.63, 3.8) is 0 Å². The summed E-state index contributed by atoms with van der Waals surface area (Å²) in [6, 6.07) is 9.75. The molecule has 1 aromatic heterocycles. The number of hydrogen-bond acceptors (Lipinski definition) is 2. The summed E-state index contributed by atoms with van der Waals surface area (Å²) < 4.78 is 5.26. The third kappa shape index (κ3) is 1.29. The molecule has 0 fully saturated rings. The molecular formula is C11H9NO. The molecule has 0 aliphatic carbocycles. The lowest BCUT2D eigenvalue weighted by molar-refractivity contribution is 0.599. The van der Waals surface area contributed by atoms with E-state index in [1.54, 1.807) is 6.07 Å². The average molecular weight is 171 g/mol. The standard InChI is InChI=1S/C11H9NO/c1-2-8-3-4-11-9(5-8)6-10(7-12)13-11/h3-6H,2H2,1H3. The van der Waals surface area contributed by atoms with Crippen molar-refractivity contribution in [1.82, 2.24) is 0 Å². The first-order chi connectivity index (χ1) is 6.33. The van der Waals surface area contributed by atoms with Crippen LogP contribution in [0.3, 0.4) is 0 Å². The quantitative estimate of drug-likeness (QED) is 0.661. The van der Waals surface area contributed by atoms with Crippen molar-refractivity contribution in [3.8, 4) is 6.07 Å². The predicted octanol–water partition coefficient (Wildman–Crippen LogP) is 2.87. The Morgan fingerprint density at radius 3 is 2.92 bits per heavy atom. The van der Waals surface area contributed by atoms with Gasteiger partial charge in [0.15, 0.2) is 0 Å². The van der Waals surface area contributed by atoms with Crippen LogP contribution in [-0.2, 0) is 6.42 Å². The molecule has 0 spiro atoms. The monoisotopic (exact) mass is 171 g/mol. The molecule has 0 unspecified atom stereocenters. The molecule has 13 heavy (non-hydrogen) atoms. The van der Waals surface area contributed by atoms with Gasteiger partial charge in [-0.15, -0.1) is 0 Å². The highest BCUT2D eigenvalue weighted by atomic mass is 16.3. The maximum atomic E-state index is 8.62. The fourth-order valence-corrected chi connectivity index (χ4v) is 1.37. The summed E-state index contributed by atoms with van der Waals surface area (Å²) in [6.07, 6.45) is 1.00. The van der Waals surface area contributed by atoms with Gasteiger partial charge in [-0.2, -0.15) is 5.26 Å². The zero-order valence-corrected chi connectivity index (χ0v) is 7.37. The Kier molecular flexibility index (Phi) is 1.79. The van der Waals surface area contributed by atoms with Crippen LogP contribution in [0.2, 0.25) is 0 Å². The molecule has 2 heteroatoms. The van der Waals surface area contributed by atoms with Gasteiger partial charge in [0.25, 0.3) is 0 Å². The van der Waals surface area contributed by atoms with Crippen LogP contribution in [0.25, 0.3) is 11.0 Å². The Morgan fingerprint density at radius 1 is 1.38 bits per heavy atom. The van der Waals surface area contributed by atoms with E-state index in [0.29, 0.717) is 5.76 Å². The summed E-state index contributed by atoms with van der Waals surface area (Å²) in [7, 11) is 0. The van der Waals surface area contributed by atoms with Crippen molar-refractivity contribution in [2.75, 3.05) is 0 Å². The smallest absolute Gasteiger partial charge is 0.204 e. The number of furan rings is 1. The van der Waals surface area contributed by atoms with E-state index in [4.69, 9.17) is 9.68 Å². The predicted molar refractivity (Wildman–Crippen MR) is 50.3 cm³/mol. The topological polar surface area (TPSA) is 36.9 Å². The first-order valence-electron chi connectivity index (χ1n) is 4.26. The Hall–Kier alpha value is -1.75. The van der Waals surface area contributed by atoms with Crippen molar-refractivity contribution >= 4 is 11.0 Å². The van der Waals surface area contributed by atoms with Gasteiger partial charge in [-0.25, -0.2) is 0 Å². The third-order valence-electron chi connectivity index (χ3n) is 2.10. The van der Waals surface area contributed by atoms with Crippen LogP contribution < -0.4 is 0 Å². The molecule has 0 N–H and O–H groups in total. The second-order valence-electron chi connectivity index (χ2n) is 2.95. The van der Waals surface area contributed by atoms with E-state index in [1.807, 2.05) is 18.2 Å². The van der Waals surface area contributed by atoms with Crippen LogP contribution in [0, 0.1) is 11.3 Å². The van der Waals surface area contributed by atoms with Crippen molar-refractivity contribution in [2.45, 2.75) is 13.3 Å². The summed E-state index contributed by atoms with van der Waals surface area (Å²) >= 11 is 0. The van der Waals surface area contributed by atoms with E-state index in [0.717, 1.165) is 17.4 Å². The molecule has 0 bridgehead atoms. The van der Waals surface area contributed by atoms with Crippen LogP contribution in [0.5, 0.6) is 0 Å². The Labute approximate surface area is 76.4 Å². The lowest BCUT2D eigenvalue weighted by Crippen LogP contribution is -1.76. The lowest BCUT2D eigenvalue weighted by Gasteiger charge is -1.93. The minimum Gasteiger partial charge on any atom is -0.446 e. The lowest BCUT2D eigenvalue weighted by atomic mass is 10.1. The Morgan fingerprint density at radius 2 is 2.23 bits per heavy atom. The molecule has 0 atom stereocenters. The summed E-state index contributed by atoms with van der Waals surface area (Å²) in [6.45, 7) is 2.10. The highest BCUT2D eigenvalue weighted by molar-refractivity contribution is 5.79. The van der Waals surface area contributed by atoms with Gasteiger partial charge in [0.1, 0.15) is 11.7 Å². The molecule has 2 rings (SSSR count). The van der Waals surface area contributed by atoms with Crippen molar-refractivity contribution in [2.24, 2.45) is 0 Å². The fraction of sp³-hybridized carbons (Fsp3) is 0.182. The molecule has 2 nitrogen and oxygen atoms in total. The molecule has 0 saturated heterocycles. The van der Waals surface area contributed by atoms with Gasteiger partial charge >= 0.3 is 0 Å². The van der Waals surface area contributed by atoms with Crippen LogP contribution >= 0.6 is 0 Å². The summed E-state index contributed by atoms with van der Waals surface area (Å²) in [5.41, 5.74) is 2.05. The minimum absolute atomic E-state index is 0.378. The molecular weight excluding hydrogens is 162 g/mol. The Balaban J connectivity index is 2.65. The van der Waals surface area contributed by atoms with Gasteiger partial charge < -0.3 is 4.42 Å². The van der Waals surface area contributed by atoms with Crippen LogP contribution in [0.4, 0.5) is 0 Å². The zero-order chi connectivity index (χ0) is 9.26. The van der Waals surface area contributed by atoms with Crippen molar-refractivity contribution in [1.29, 1.82) is 5.26 Å². The summed E-state index contributed by atoms with van der Waals surface area (Å²) in [5, 5.41) is 9.63. The van der Waals surface area contributed by atoms with Crippen LogP contribution in [0.1, 0.15) is 18.2 Å². The normalized spacial score (nSPS) is 10.2. The molecule has 0 aliphatic heterocycles. The molecule has 0 radical (unpaired) electrons. The number of nitrogens with zero attached hydrogens (tertiary/aromatic N) is 1. The molecule has 0 saturated carbocycles. The van der Waals surface area contributed by atoms with Crippen LogP contribution in [-0.4, -0.2) is 0 Å². The van der Waals surface area contributed by atoms with Gasteiger partial charge in [0.05, 0.1) is 0 Å². The SMILES string of the molecule is CCc1ccc2oc(C#N)cc2c1.